The highest BCUT2D eigenvalue weighted by molar-refractivity contribution is 5.42. The quantitative estimate of drug-likeness (QED) is 0.656. The van der Waals surface area contributed by atoms with E-state index in [1.54, 1.807) is 0 Å². The molecule has 1 nitrogen and oxygen atoms in total. The number of hydrogen-bond acceptors (Lipinski definition) is 1. The van der Waals surface area contributed by atoms with E-state index >= 15 is 0 Å². The highest BCUT2D eigenvalue weighted by Gasteiger charge is 2.10. The van der Waals surface area contributed by atoms with E-state index in [-0.39, 0.29) is 6.10 Å². The summed E-state index contributed by atoms with van der Waals surface area (Å²) >= 11 is 0. The molecule has 0 saturated carbocycles. The molecule has 0 heterocycles. The van der Waals surface area contributed by atoms with Gasteiger partial charge in [-0.2, -0.15) is 0 Å². The van der Waals surface area contributed by atoms with E-state index in [0.29, 0.717) is 0 Å². The summed E-state index contributed by atoms with van der Waals surface area (Å²) in [6, 6.07) is 9.89. The maximum absolute atomic E-state index is 9.86. The maximum atomic E-state index is 9.86. The zero-order valence-corrected chi connectivity index (χ0v) is 9.32. The van der Waals surface area contributed by atoms with Gasteiger partial charge in [0.2, 0.25) is 0 Å². The second-order valence-electron chi connectivity index (χ2n) is 4.08. The average molecular weight is 212 g/mol. The smallest absolute Gasteiger partial charge is 0.0864 e. The minimum atomic E-state index is -0.362. The van der Waals surface area contributed by atoms with Crippen molar-refractivity contribution in [3.05, 3.63) is 47.5 Å². The summed E-state index contributed by atoms with van der Waals surface area (Å²) in [6.07, 6.45) is 5.85. The van der Waals surface area contributed by atoms with E-state index in [4.69, 9.17) is 0 Å². The standard InChI is InChI=1S/C15H16O/c16-15-10-6-2-5-9-14(15)12-11-13-7-3-1-4-8-13/h1,3-4,7-9,15-16H,2,5-6,10H2. The summed E-state index contributed by atoms with van der Waals surface area (Å²) in [5.74, 6) is 6.18. The second kappa shape index (κ2) is 5.53. The zero-order valence-electron chi connectivity index (χ0n) is 9.32. The van der Waals surface area contributed by atoms with Crippen LogP contribution in [0.4, 0.5) is 0 Å². The second-order valence-corrected chi connectivity index (χ2v) is 4.08. The van der Waals surface area contributed by atoms with Crippen LogP contribution >= 0.6 is 0 Å². The van der Waals surface area contributed by atoms with Crippen molar-refractivity contribution in [2.24, 2.45) is 0 Å². The summed E-state index contributed by atoms with van der Waals surface area (Å²) in [5, 5.41) is 9.86. The number of aliphatic hydroxyl groups is 1. The first kappa shape index (κ1) is 11.0. The fourth-order valence-corrected chi connectivity index (χ4v) is 1.83. The van der Waals surface area contributed by atoms with Gasteiger partial charge in [-0.3, -0.25) is 0 Å². The Morgan fingerprint density at radius 1 is 1.06 bits per heavy atom. The minimum absolute atomic E-state index is 0.362. The Hall–Kier alpha value is -1.52. The number of rotatable bonds is 0. The lowest BCUT2D eigenvalue weighted by Gasteiger charge is -2.05. The number of aliphatic hydroxyl groups excluding tert-OH is 1. The summed E-state index contributed by atoms with van der Waals surface area (Å²) in [4.78, 5) is 0. The van der Waals surface area contributed by atoms with Gasteiger partial charge in [-0.05, 0) is 31.4 Å². The van der Waals surface area contributed by atoms with Gasteiger partial charge in [0.15, 0.2) is 0 Å². The van der Waals surface area contributed by atoms with E-state index in [1.165, 1.54) is 0 Å². The van der Waals surface area contributed by atoms with Gasteiger partial charge in [0.1, 0.15) is 0 Å². The SMILES string of the molecule is OC1CCCCC=C1C#Cc1ccccc1. The predicted molar refractivity (Wildman–Crippen MR) is 65.9 cm³/mol. The lowest BCUT2D eigenvalue weighted by molar-refractivity contribution is 0.204. The molecular formula is C15H16O. The first-order chi connectivity index (χ1) is 7.86. The Morgan fingerprint density at radius 3 is 2.69 bits per heavy atom. The molecule has 0 spiro atoms. The number of benzene rings is 1. The van der Waals surface area contributed by atoms with Gasteiger partial charge in [-0.15, -0.1) is 0 Å². The summed E-state index contributed by atoms with van der Waals surface area (Å²) in [6.45, 7) is 0. The van der Waals surface area contributed by atoms with Gasteiger partial charge in [-0.25, -0.2) is 0 Å². The Labute approximate surface area is 96.8 Å². The summed E-state index contributed by atoms with van der Waals surface area (Å²) < 4.78 is 0. The molecule has 1 atom stereocenters. The van der Waals surface area contributed by atoms with Crippen LogP contribution in [0.1, 0.15) is 31.2 Å². The van der Waals surface area contributed by atoms with Crippen LogP contribution in [0.3, 0.4) is 0 Å². The van der Waals surface area contributed by atoms with Crippen LogP contribution in [-0.2, 0) is 0 Å². The monoisotopic (exact) mass is 212 g/mol. The fourth-order valence-electron chi connectivity index (χ4n) is 1.83. The molecule has 16 heavy (non-hydrogen) atoms. The van der Waals surface area contributed by atoms with Gasteiger partial charge in [0.25, 0.3) is 0 Å². The van der Waals surface area contributed by atoms with Crippen molar-refractivity contribution in [2.75, 3.05) is 0 Å². The van der Waals surface area contributed by atoms with Crippen LogP contribution in [0.15, 0.2) is 42.0 Å². The van der Waals surface area contributed by atoms with Gasteiger partial charge in [-0.1, -0.05) is 42.5 Å². The molecule has 0 aromatic heterocycles. The molecule has 1 aromatic carbocycles. The molecule has 1 aliphatic carbocycles. The number of allylic oxidation sites excluding steroid dienone is 1. The minimum Gasteiger partial charge on any atom is -0.388 e. The Balaban J connectivity index is 2.14. The fraction of sp³-hybridized carbons (Fsp3) is 0.333. The van der Waals surface area contributed by atoms with Gasteiger partial charge in [0.05, 0.1) is 6.10 Å². The van der Waals surface area contributed by atoms with Crippen LogP contribution < -0.4 is 0 Å². The van der Waals surface area contributed by atoms with Crippen molar-refractivity contribution in [2.45, 2.75) is 31.8 Å². The summed E-state index contributed by atoms with van der Waals surface area (Å²) in [5.41, 5.74) is 1.89. The van der Waals surface area contributed by atoms with Gasteiger partial charge >= 0.3 is 0 Å². The molecule has 1 N–H and O–H groups in total. The van der Waals surface area contributed by atoms with E-state index in [0.717, 1.165) is 36.8 Å². The number of hydrogen-bond donors (Lipinski definition) is 1. The molecule has 0 fully saturated rings. The molecule has 0 amide bonds. The van der Waals surface area contributed by atoms with Gasteiger partial charge < -0.3 is 5.11 Å². The lowest BCUT2D eigenvalue weighted by Crippen LogP contribution is -2.07. The molecule has 1 aromatic rings. The van der Waals surface area contributed by atoms with Crippen LogP contribution in [0, 0.1) is 11.8 Å². The third-order valence-electron chi connectivity index (χ3n) is 2.78. The van der Waals surface area contributed by atoms with Crippen molar-refractivity contribution in [3.8, 4) is 11.8 Å². The molecule has 1 aliphatic rings. The molecule has 2 rings (SSSR count). The van der Waals surface area contributed by atoms with Crippen molar-refractivity contribution >= 4 is 0 Å². The lowest BCUT2D eigenvalue weighted by atomic mass is 10.1. The molecule has 0 aliphatic heterocycles. The molecule has 1 unspecified atom stereocenters. The van der Waals surface area contributed by atoms with E-state index < -0.39 is 0 Å². The van der Waals surface area contributed by atoms with Crippen LogP contribution in [0.2, 0.25) is 0 Å². The first-order valence-corrected chi connectivity index (χ1v) is 5.81. The van der Waals surface area contributed by atoms with E-state index in [1.807, 2.05) is 30.3 Å². The topological polar surface area (TPSA) is 20.2 Å². The molecule has 0 radical (unpaired) electrons. The Kier molecular flexibility index (Phi) is 3.80. The molecule has 82 valence electrons. The maximum Gasteiger partial charge on any atom is 0.0864 e. The Bertz CT molecular complexity index is 420. The third kappa shape index (κ3) is 2.98. The average Bonchev–Trinajstić information content (AvgIpc) is 2.53. The van der Waals surface area contributed by atoms with Crippen LogP contribution in [-0.4, -0.2) is 11.2 Å². The molecule has 0 bridgehead atoms. The van der Waals surface area contributed by atoms with Crippen molar-refractivity contribution < 1.29 is 5.11 Å². The predicted octanol–water partition coefficient (Wildman–Crippen LogP) is 2.90. The van der Waals surface area contributed by atoms with Crippen LogP contribution in [0.25, 0.3) is 0 Å². The zero-order chi connectivity index (χ0) is 11.2. The van der Waals surface area contributed by atoms with Crippen molar-refractivity contribution in [1.82, 2.24) is 0 Å². The van der Waals surface area contributed by atoms with Crippen LogP contribution in [0.5, 0.6) is 0 Å². The highest BCUT2D eigenvalue weighted by Crippen LogP contribution is 2.17. The molecule has 0 saturated heterocycles. The summed E-state index contributed by atoms with van der Waals surface area (Å²) in [7, 11) is 0. The van der Waals surface area contributed by atoms with Crippen molar-refractivity contribution in [1.29, 1.82) is 0 Å². The normalized spacial score (nSPS) is 20.3. The van der Waals surface area contributed by atoms with E-state index in [9.17, 15) is 5.11 Å². The molecular weight excluding hydrogens is 196 g/mol. The molecule has 1 heteroatoms. The third-order valence-corrected chi connectivity index (χ3v) is 2.78. The Morgan fingerprint density at radius 2 is 1.88 bits per heavy atom. The highest BCUT2D eigenvalue weighted by atomic mass is 16.3. The largest absolute Gasteiger partial charge is 0.388 e. The first-order valence-electron chi connectivity index (χ1n) is 5.81. The van der Waals surface area contributed by atoms with Gasteiger partial charge in [0, 0.05) is 11.1 Å². The van der Waals surface area contributed by atoms with Crippen molar-refractivity contribution in [3.63, 3.8) is 0 Å². The van der Waals surface area contributed by atoms with E-state index in [2.05, 4.69) is 17.9 Å².